The van der Waals surface area contributed by atoms with Crippen molar-refractivity contribution in [1.82, 2.24) is 4.98 Å². The number of nitrogens with zero attached hydrogens (tertiary/aromatic N) is 1. The van der Waals surface area contributed by atoms with Crippen molar-refractivity contribution in [3.63, 3.8) is 0 Å². The highest BCUT2D eigenvalue weighted by molar-refractivity contribution is 5.94. The zero-order valence-corrected chi connectivity index (χ0v) is 11.6. The van der Waals surface area contributed by atoms with E-state index >= 15 is 0 Å². The van der Waals surface area contributed by atoms with Crippen LogP contribution in [0.4, 0.5) is 5.69 Å². The largest absolute Gasteiger partial charge is 0.455 e. The first-order valence-corrected chi connectivity index (χ1v) is 6.53. The van der Waals surface area contributed by atoms with Gasteiger partial charge in [0.05, 0.1) is 0 Å². The van der Waals surface area contributed by atoms with Crippen molar-refractivity contribution in [3.8, 4) is 11.5 Å². The van der Waals surface area contributed by atoms with Gasteiger partial charge >= 0.3 is 0 Å². The average Bonchev–Trinajstić information content (AvgIpc) is 2.46. The van der Waals surface area contributed by atoms with Crippen LogP contribution in [0.1, 0.15) is 11.1 Å². The summed E-state index contributed by atoms with van der Waals surface area (Å²) < 4.78 is 5.96. The summed E-state index contributed by atoms with van der Waals surface area (Å²) in [6.07, 6.45) is 1.75. The number of pyridine rings is 1. The maximum atomic E-state index is 5.97. The van der Waals surface area contributed by atoms with Crippen LogP contribution in [-0.4, -0.2) is 4.98 Å². The molecule has 3 aromatic rings. The van der Waals surface area contributed by atoms with Crippen LogP contribution in [0.5, 0.6) is 11.5 Å². The van der Waals surface area contributed by atoms with Crippen molar-refractivity contribution in [2.24, 2.45) is 0 Å². The van der Waals surface area contributed by atoms with E-state index in [-0.39, 0.29) is 0 Å². The second-order valence-electron chi connectivity index (χ2n) is 4.90. The normalized spacial score (nSPS) is 10.7. The first-order valence-electron chi connectivity index (χ1n) is 6.53. The molecule has 0 fully saturated rings. The van der Waals surface area contributed by atoms with Crippen molar-refractivity contribution in [1.29, 1.82) is 0 Å². The van der Waals surface area contributed by atoms with E-state index in [9.17, 15) is 0 Å². The molecule has 0 aliphatic carbocycles. The van der Waals surface area contributed by atoms with E-state index in [2.05, 4.69) is 24.9 Å². The number of fused-ring (bicyclic) bond motifs is 1. The van der Waals surface area contributed by atoms with Crippen LogP contribution in [0.25, 0.3) is 10.9 Å². The molecule has 0 saturated heterocycles. The molecule has 2 aromatic carbocycles. The van der Waals surface area contributed by atoms with Crippen LogP contribution in [0.3, 0.4) is 0 Å². The van der Waals surface area contributed by atoms with Crippen molar-refractivity contribution in [2.45, 2.75) is 13.8 Å². The minimum absolute atomic E-state index is 0.709. The molecule has 0 unspecified atom stereocenters. The van der Waals surface area contributed by atoms with Gasteiger partial charge in [0.15, 0.2) is 5.75 Å². The summed E-state index contributed by atoms with van der Waals surface area (Å²) in [6, 6.07) is 13.6. The number of benzene rings is 2. The Morgan fingerprint density at radius 2 is 1.85 bits per heavy atom. The first-order chi connectivity index (χ1) is 9.65. The van der Waals surface area contributed by atoms with E-state index in [1.807, 2.05) is 36.4 Å². The standard InChI is InChI=1S/C17H16N2O/c1-11-5-6-13(10-12(11)2)20-16-8-7-15(18)14-4-3-9-19-17(14)16/h3-10H,18H2,1-2H3. The summed E-state index contributed by atoms with van der Waals surface area (Å²) in [5.74, 6) is 1.53. The number of ether oxygens (including phenoxy) is 1. The Hall–Kier alpha value is -2.55. The fourth-order valence-electron chi connectivity index (χ4n) is 2.16. The minimum Gasteiger partial charge on any atom is -0.455 e. The molecule has 0 aliphatic heterocycles. The third-order valence-electron chi connectivity index (χ3n) is 3.47. The molecule has 0 radical (unpaired) electrons. The van der Waals surface area contributed by atoms with E-state index in [4.69, 9.17) is 10.5 Å². The maximum Gasteiger partial charge on any atom is 0.153 e. The van der Waals surface area contributed by atoms with Crippen LogP contribution < -0.4 is 10.5 Å². The molecule has 20 heavy (non-hydrogen) atoms. The lowest BCUT2D eigenvalue weighted by Crippen LogP contribution is -1.93. The highest BCUT2D eigenvalue weighted by Gasteiger charge is 2.07. The van der Waals surface area contributed by atoms with Crippen molar-refractivity contribution < 1.29 is 4.74 Å². The SMILES string of the molecule is Cc1ccc(Oc2ccc(N)c3cccnc23)cc1C. The highest BCUT2D eigenvalue weighted by Crippen LogP contribution is 2.32. The first kappa shape index (κ1) is 12.5. The molecule has 3 heteroatoms. The van der Waals surface area contributed by atoms with Gasteiger partial charge in [-0.3, -0.25) is 4.98 Å². The van der Waals surface area contributed by atoms with Gasteiger partial charge in [-0.2, -0.15) is 0 Å². The van der Waals surface area contributed by atoms with E-state index < -0.39 is 0 Å². The van der Waals surface area contributed by atoms with Gasteiger partial charge in [0.2, 0.25) is 0 Å². The number of nitrogen functional groups attached to an aromatic ring is 1. The molecule has 0 atom stereocenters. The Balaban J connectivity index is 2.06. The number of hydrogen-bond acceptors (Lipinski definition) is 3. The fourth-order valence-corrected chi connectivity index (χ4v) is 2.16. The summed E-state index contributed by atoms with van der Waals surface area (Å²) in [4.78, 5) is 4.37. The average molecular weight is 264 g/mol. The van der Waals surface area contributed by atoms with E-state index in [0.717, 1.165) is 22.4 Å². The third-order valence-corrected chi connectivity index (χ3v) is 3.47. The van der Waals surface area contributed by atoms with Crippen LogP contribution >= 0.6 is 0 Å². The molecule has 1 aromatic heterocycles. The van der Waals surface area contributed by atoms with Crippen molar-refractivity contribution >= 4 is 16.6 Å². The maximum absolute atomic E-state index is 5.97. The molecule has 100 valence electrons. The molecule has 0 saturated carbocycles. The minimum atomic E-state index is 0.709. The lowest BCUT2D eigenvalue weighted by molar-refractivity contribution is 0.486. The van der Waals surface area contributed by atoms with Crippen LogP contribution in [0.2, 0.25) is 0 Å². The number of aryl methyl sites for hydroxylation is 2. The molecule has 0 spiro atoms. The molecule has 0 aliphatic rings. The molecule has 2 N–H and O–H groups in total. The fraction of sp³-hybridized carbons (Fsp3) is 0.118. The molecule has 3 rings (SSSR count). The highest BCUT2D eigenvalue weighted by atomic mass is 16.5. The van der Waals surface area contributed by atoms with E-state index in [1.54, 1.807) is 6.20 Å². The van der Waals surface area contributed by atoms with Gasteiger partial charge in [-0.1, -0.05) is 6.07 Å². The number of nitrogens with two attached hydrogens (primary N) is 1. The van der Waals surface area contributed by atoms with Gasteiger partial charge in [0, 0.05) is 17.3 Å². The Morgan fingerprint density at radius 1 is 1.00 bits per heavy atom. The number of rotatable bonds is 2. The smallest absolute Gasteiger partial charge is 0.153 e. The van der Waals surface area contributed by atoms with Gasteiger partial charge in [0.25, 0.3) is 0 Å². The van der Waals surface area contributed by atoms with Crippen molar-refractivity contribution in [3.05, 3.63) is 59.8 Å². The number of hydrogen-bond donors (Lipinski definition) is 1. The Kier molecular flexibility index (Phi) is 3.03. The van der Waals surface area contributed by atoms with Crippen molar-refractivity contribution in [2.75, 3.05) is 5.73 Å². The van der Waals surface area contributed by atoms with Crippen LogP contribution in [0.15, 0.2) is 48.7 Å². The third kappa shape index (κ3) is 2.18. The monoisotopic (exact) mass is 264 g/mol. The lowest BCUT2D eigenvalue weighted by atomic mass is 10.1. The van der Waals surface area contributed by atoms with Crippen LogP contribution in [0, 0.1) is 13.8 Å². The summed E-state index contributed by atoms with van der Waals surface area (Å²) >= 11 is 0. The van der Waals surface area contributed by atoms with Gasteiger partial charge < -0.3 is 10.5 Å². The van der Waals surface area contributed by atoms with Crippen LogP contribution in [-0.2, 0) is 0 Å². The second-order valence-corrected chi connectivity index (χ2v) is 4.90. The molecule has 3 nitrogen and oxygen atoms in total. The lowest BCUT2D eigenvalue weighted by Gasteiger charge is -2.11. The summed E-state index contributed by atoms with van der Waals surface area (Å²) in [6.45, 7) is 4.15. The molecule has 0 bridgehead atoms. The predicted octanol–water partition coefficient (Wildman–Crippen LogP) is 4.23. The van der Waals surface area contributed by atoms with E-state index in [0.29, 0.717) is 5.69 Å². The number of anilines is 1. The topological polar surface area (TPSA) is 48.1 Å². The zero-order valence-electron chi connectivity index (χ0n) is 11.6. The molecule has 0 amide bonds. The summed E-state index contributed by atoms with van der Waals surface area (Å²) in [5, 5.41) is 0.911. The molecular formula is C17H16N2O. The molecule has 1 heterocycles. The summed E-state index contributed by atoms with van der Waals surface area (Å²) in [5.41, 5.74) is 9.91. The zero-order chi connectivity index (χ0) is 14.1. The predicted molar refractivity (Wildman–Crippen MR) is 82.1 cm³/mol. The quantitative estimate of drug-likeness (QED) is 0.705. The van der Waals surface area contributed by atoms with E-state index in [1.165, 1.54) is 11.1 Å². The van der Waals surface area contributed by atoms with Gasteiger partial charge in [-0.05, 0) is 61.4 Å². The van der Waals surface area contributed by atoms with Gasteiger partial charge in [0.1, 0.15) is 11.3 Å². The van der Waals surface area contributed by atoms with Gasteiger partial charge in [-0.25, -0.2) is 0 Å². The Morgan fingerprint density at radius 3 is 2.65 bits per heavy atom. The Labute approximate surface area is 118 Å². The summed E-state index contributed by atoms with van der Waals surface area (Å²) in [7, 11) is 0. The number of aromatic nitrogens is 1. The second kappa shape index (κ2) is 4.85. The molecular weight excluding hydrogens is 248 g/mol. The Bertz CT molecular complexity index is 781. The van der Waals surface area contributed by atoms with Gasteiger partial charge in [-0.15, -0.1) is 0 Å².